The summed E-state index contributed by atoms with van der Waals surface area (Å²) in [5.74, 6) is 4.01. The summed E-state index contributed by atoms with van der Waals surface area (Å²) in [5, 5.41) is 3.75. The summed E-state index contributed by atoms with van der Waals surface area (Å²) in [4.78, 5) is 0. The van der Waals surface area contributed by atoms with Gasteiger partial charge >= 0.3 is 0 Å². The van der Waals surface area contributed by atoms with Gasteiger partial charge in [-0.25, -0.2) is 0 Å². The van der Waals surface area contributed by atoms with Crippen molar-refractivity contribution in [2.24, 2.45) is 29.1 Å². The Morgan fingerprint density at radius 2 is 1.68 bits per heavy atom. The Kier molecular flexibility index (Phi) is 4.35. The predicted octanol–water partition coefficient (Wildman–Crippen LogP) is 4.86. The van der Waals surface area contributed by atoms with Gasteiger partial charge in [0.05, 0.1) is 0 Å². The molecule has 0 amide bonds. The number of rotatable bonds is 4. The molecule has 19 heavy (non-hydrogen) atoms. The fraction of sp³-hybridized carbons (Fsp3) is 1.00. The van der Waals surface area contributed by atoms with Crippen LogP contribution < -0.4 is 5.32 Å². The van der Waals surface area contributed by atoms with Crippen molar-refractivity contribution in [3.63, 3.8) is 0 Å². The van der Waals surface area contributed by atoms with Crippen LogP contribution in [0.3, 0.4) is 0 Å². The van der Waals surface area contributed by atoms with Crippen molar-refractivity contribution in [1.29, 1.82) is 0 Å². The first-order valence-corrected chi connectivity index (χ1v) is 8.40. The summed E-state index contributed by atoms with van der Waals surface area (Å²) in [6.45, 7) is 15.3. The van der Waals surface area contributed by atoms with Crippen molar-refractivity contribution in [2.45, 2.75) is 79.2 Å². The van der Waals surface area contributed by atoms with Gasteiger partial charge in [0.1, 0.15) is 0 Å². The average molecular weight is 265 g/mol. The minimum Gasteiger partial charge on any atom is -0.312 e. The summed E-state index contributed by atoms with van der Waals surface area (Å²) in [7, 11) is 0. The lowest BCUT2D eigenvalue weighted by atomic mass is 9.72. The van der Waals surface area contributed by atoms with Gasteiger partial charge in [-0.3, -0.25) is 0 Å². The van der Waals surface area contributed by atoms with Crippen LogP contribution in [0.15, 0.2) is 0 Å². The Labute approximate surface area is 120 Å². The quantitative estimate of drug-likeness (QED) is 0.765. The number of fused-ring (bicyclic) bond motifs is 2. The summed E-state index contributed by atoms with van der Waals surface area (Å²) < 4.78 is 0. The van der Waals surface area contributed by atoms with E-state index in [1.54, 1.807) is 6.42 Å². The van der Waals surface area contributed by atoms with Crippen molar-refractivity contribution in [1.82, 2.24) is 5.32 Å². The van der Waals surface area contributed by atoms with Gasteiger partial charge in [-0.2, -0.15) is 0 Å². The lowest BCUT2D eigenvalue weighted by Gasteiger charge is -2.37. The maximum Gasteiger partial charge on any atom is 0.00966 e. The lowest BCUT2D eigenvalue weighted by molar-refractivity contribution is 0.154. The Morgan fingerprint density at radius 3 is 2.11 bits per heavy atom. The third-order valence-electron chi connectivity index (χ3n) is 5.58. The molecular formula is C18H35N. The van der Waals surface area contributed by atoms with E-state index in [-0.39, 0.29) is 5.54 Å². The molecule has 2 saturated carbocycles. The van der Waals surface area contributed by atoms with Gasteiger partial charge in [-0.1, -0.05) is 27.2 Å². The van der Waals surface area contributed by atoms with E-state index in [4.69, 9.17) is 0 Å². The lowest BCUT2D eigenvalue weighted by Crippen LogP contribution is -2.43. The number of hydrogen-bond donors (Lipinski definition) is 1. The van der Waals surface area contributed by atoms with Gasteiger partial charge in [0, 0.05) is 5.54 Å². The highest BCUT2D eigenvalue weighted by molar-refractivity contribution is 4.92. The van der Waals surface area contributed by atoms with Crippen LogP contribution in [0, 0.1) is 29.1 Å². The largest absolute Gasteiger partial charge is 0.312 e. The minimum atomic E-state index is 0.248. The molecule has 0 spiro atoms. The van der Waals surface area contributed by atoms with Gasteiger partial charge in [0.15, 0.2) is 0 Å². The zero-order valence-electron chi connectivity index (χ0n) is 14.1. The minimum absolute atomic E-state index is 0.248. The standard InChI is InChI=1S/C18H35N/c1-17(2,3)16(12-19-18(4,5)6)11-15-10-13-7-8-14(15)9-13/h13-16,19H,7-12H2,1-6H3. The fourth-order valence-electron chi connectivity index (χ4n) is 4.20. The molecule has 0 aromatic carbocycles. The molecule has 0 saturated heterocycles. The maximum absolute atomic E-state index is 3.75. The third kappa shape index (κ3) is 4.21. The monoisotopic (exact) mass is 265 g/mol. The maximum atomic E-state index is 3.75. The third-order valence-corrected chi connectivity index (χ3v) is 5.58. The van der Waals surface area contributed by atoms with E-state index in [1.165, 1.54) is 32.2 Å². The molecule has 1 heteroatoms. The highest BCUT2D eigenvalue weighted by atomic mass is 14.9. The van der Waals surface area contributed by atoms with E-state index < -0.39 is 0 Å². The van der Waals surface area contributed by atoms with Gasteiger partial charge in [-0.15, -0.1) is 0 Å². The van der Waals surface area contributed by atoms with Crippen molar-refractivity contribution < 1.29 is 0 Å². The van der Waals surface area contributed by atoms with Crippen LogP contribution in [0.4, 0.5) is 0 Å². The molecule has 4 atom stereocenters. The first-order valence-electron chi connectivity index (χ1n) is 8.40. The molecule has 1 nitrogen and oxygen atoms in total. The Hall–Kier alpha value is -0.0400. The summed E-state index contributed by atoms with van der Waals surface area (Å²) in [5.41, 5.74) is 0.679. The first-order chi connectivity index (χ1) is 8.65. The topological polar surface area (TPSA) is 12.0 Å². The van der Waals surface area contributed by atoms with E-state index >= 15 is 0 Å². The molecule has 0 aromatic heterocycles. The van der Waals surface area contributed by atoms with Gasteiger partial charge in [0.25, 0.3) is 0 Å². The van der Waals surface area contributed by atoms with Crippen LogP contribution in [0.1, 0.15) is 73.6 Å². The van der Waals surface area contributed by atoms with Gasteiger partial charge in [0.2, 0.25) is 0 Å². The van der Waals surface area contributed by atoms with E-state index in [2.05, 4.69) is 46.9 Å². The second-order valence-corrected chi connectivity index (χ2v) is 9.36. The normalized spacial score (nSPS) is 32.8. The average Bonchev–Trinajstić information content (AvgIpc) is 2.82. The second kappa shape index (κ2) is 5.39. The van der Waals surface area contributed by atoms with E-state index in [0.717, 1.165) is 23.7 Å². The molecule has 1 N–H and O–H groups in total. The highest BCUT2D eigenvalue weighted by Crippen LogP contribution is 2.51. The molecule has 2 fully saturated rings. The van der Waals surface area contributed by atoms with Crippen molar-refractivity contribution in [3.8, 4) is 0 Å². The Balaban J connectivity index is 1.91. The van der Waals surface area contributed by atoms with E-state index in [9.17, 15) is 0 Å². The number of nitrogens with one attached hydrogen (secondary N) is 1. The van der Waals surface area contributed by atoms with Gasteiger partial charge in [-0.05, 0) is 82.1 Å². The zero-order chi connectivity index (χ0) is 14.3. The van der Waals surface area contributed by atoms with Crippen molar-refractivity contribution >= 4 is 0 Å². The molecule has 2 bridgehead atoms. The SMILES string of the molecule is CC(C)(C)NCC(CC1CC2CCC1C2)C(C)(C)C. The van der Waals surface area contributed by atoms with Crippen LogP contribution in [0.2, 0.25) is 0 Å². The molecule has 2 aliphatic rings. The molecule has 0 radical (unpaired) electrons. The Bertz CT molecular complexity index is 294. The fourth-order valence-corrected chi connectivity index (χ4v) is 4.20. The first kappa shape index (κ1) is 15.4. The van der Waals surface area contributed by atoms with Crippen LogP contribution in [-0.2, 0) is 0 Å². The van der Waals surface area contributed by atoms with E-state index in [1.807, 2.05) is 0 Å². The smallest absolute Gasteiger partial charge is 0.00966 e. The highest BCUT2D eigenvalue weighted by Gasteiger charge is 2.41. The molecule has 4 unspecified atom stereocenters. The van der Waals surface area contributed by atoms with Crippen LogP contribution in [0.5, 0.6) is 0 Å². The molecule has 0 aliphatic heterocycles. The summed E-state index contributed by atoms with van der Waals surface area (Å²) >= 11 is 0. The van der Waals surface area contributed by atoms with Crippen LogP contribution in [0.25, 0.3) is 0 Å². The van der Waals surface area contributed by atoms with Crippen molar-refractivity contribution in [2.75, 3.05) is 6.54 Å². The molecule has 112 valence electrons. The van der Waals surface area contributed by atoms with Crippen molar-refractivity contribution in [3.05, 3.63) is 0 Å². The van der Waals surface area contributed by atoms with Crippen LogP contribution in [-0.4, -0.2) is 12.1 Å². The predicted molar refractivity (Wildman–Crippen MR) is 84.3 cm³/mol. The second-order valence-electron chi connectivity index (χ2n) is 9.36. The molecular weight excluding hydrogens is 230 g/mol. The molecule has 2 rings (SSSR count). The summed E-state index contributed by atoms with van der Waals surface area (Å²) in [6.07, 6.45) is 7.59. The Morgan fingerprint density at radius 1 is 1.00 bits per heavy atom. The summed E-state index contributed by atoms with van der Waals surface area (Å²) in [6, 6.07) is 0. The number of hydrogen-bond acceptors (Lipinski definition) is 1. The zero-order valence-corrected chi connectivity index (χ0v) is 14.1. The molecule has 0 heterocycles. The molecule has 0 aromatic rings. The molecule has 2 aliphatic carbocycles. The van der Waals surface area contributed by atoms with Crippen LogP contribution >= 0.6 is 0 Å². The van der Waals surface area contributed by atoms with E-state index in [0.29, 0.717) is 5.41 Å². The van der Waals surface area contributed by atoms with Gasteiger partial charge < -0.3 is 5.32 Å².